The molecule has 0 amide bonds. The quantitative estimate of drug-likeness (QED) is 0.735. The Morgan fingerprint density at radius 2 is 2.33 bits per heavy atom. The van der Waals surface area contributed by atoms with Crippen molar-refractivity contribution in [2.24, 2.45) is 13.0 Å². The molecule has 0 bridgehead atoms. The summed E-state index contributed by atoms with van der Waals surface area (Å²) in [5, 5.41) is 13.1. The zero-order valence-electron chi connectivity index (χ0n) is 14.2. The number of rotatable bonds is 7. The molecule has 24 heavy (non-hydrogen) atoms. The van der Waals surface area contributed by atoms with Crippen LogP contribution in [0.5, 0.6) is 5.75 Å². The molecule has 0 saturated carbocycles. The summed E-state index contributed by atoms with van der Waals surface area (Å²) in [7, 11) is 1.97. The molecule has 1 atom stereocenters. The first-order valence-corrected chi connectivity index (χ1v) is 8.56. The van der Waals surface area contributed by atoms with Crippen LogP contribution in [0.15, 0.2) is 36.7 Å². The van der Waals surface area contributed by atoms with Crippen LogP contribution < -0.4 is 4.74 Å². The summed E-state index contributed by atoms with van der Waals surface area (Å²) in [4.78, 5) is 2.52. The van der Waals surface area contributed by atoms with Crippen LogP contribution in [0.2, 0.25) is 0 Å². The van der Waals surface area contributed by atoms with E-state index < -0.39 is 0 Å². The molecule has 0 aliphatic carbocycles. The van der Waals surface area contributed by atoms with Gasteiger partial charge in [0.1, 0.15) is 5.75 Å². The Hall–Kier alpha value is -2.32. The topological polar surface area (TPSA) is 54.1 Å². The van der Waals surface area contributed by atoms with Crippen molar-refractivity contribution in [1.29, 1.82) is 5.26 Å². The molecular weight excluding hydrogens is 300 g/mol. The molecule has 3 rings (SSSR count). The average Bonchev–Trinajstić information content (AvgIpc) is 3.21. The van der Waals surface area contributed by atoms with Gasteiger partial charge in [0.25, 0.3) is 0 Å². The smallest absolute Gasteiger partial charge is 0.120 e. The predicted molar refractivity (Wildman–Crippen MR) is 92.7 cm³/mol. The largest absolute Gasteiger partial charge is 0.494 e. The van der Waals surface area contributed by atoms with Crippen molar-refractivity contribution in [3.63, 3.8) is 0 Å². The molecule has 126 valence electrons. The first-order chi connectivity index (χ1) is 11.7. The molecule has 5 nitrogen and oxygen atoms in total. The Labute approximate surface area is 143 Å². The molecule has 2 aromatic rings. The van der Waals surface area contributed by atoms with E-state index in [-0.39, 0.29) is 0 Å². The third kappa shape index (κ3) is 4.59. The van der Waals surface area contributed by atoms with Gasteiger partial charge in [-0.25, -0.2) is 0 Å². The maximum Gasteiger partial charge on any atom is 0.120 e. The molecule has 1 aliphatic rings. The highest BCUT2D eigenvalue weighted by Gasteiger charge is 2.22. The lowest BCUT2D eigenvalue weighted by Gasteiger charge is -2.16. The van der Waals surface area contributed by atoms with E-state index in [1.54, 1.807) is 12.1 Å². The van der Waals surface area contributed by atoms with Crippen LogP contribution in [-0.4, -0.2) is 40.9 Å². The number of aromatic nitrogens is 2. The minimum absolute atomic E-state index is 0.644. The number of likely N-dealkylation sites (tertiary alicyclic amines) is 1. The van der Waals surface area contributed by atoms with Crippen molar-refractivity contribution in [3.05, 3.63) is 47.8 Å². The van der Waals surface area contributed by atoms with Crippen LogP contribution in [-0.2, 0) is 13.5 Å². The predicted octanol–water partition coefficient (Wildman–Crippen LogP) is 2.63. The molecule has 2 heterocycles. The van der Waals surface area contributed by atoms with Gasteiger partial charge in [-0.3, -0.25) is 4.68 Å². The van der Waals surface area contributed by atoms with Gasteiger partial charge in [0, 0.05) is 26.3 Å². The minimum Gasteiger partial charge on any atom is -0.494 e. The number of hydrogen-bond acceptors (Lipinski definition) is 4. The summed E-state index contributed by atoms with van der Waals surface area (Å²) in [5.74, 6) is 1.52. The normalized spacial score (nSPS) is 17.8. The number of ether oxygens (including phenoxy) is 1. The monoisotopic (exact) mass is 324 g/mol. The molecule has 1 fully saturated rings. The van der Waals surface area contributed by atoms with Gasteiger partial charge in [-0.2, -0.15) is 10.4 Å². The Morgan fingerprint density at radius 1 is 1.42 bits per heavy atom. The average molecular weight is 324 g/mol. The van der Waals surface area contributed by atoms with E-state index >= 15 is 0 Å². The molecule has 0 radical (unpaired) electrons. The third-order valence-electron chi connectivity index (χ3n) is 4.50. The van der Waals surface area contributed by atoms with Gasteiger partial charge in [0.2, 0.25) is 0 Å². The zero-order valence-corrected chi connectivity index (χ0v) is 14.2. The fourth-order valence-electron chi connectivity index (χ4n) is 3.33. The van der Waals surface area contributed by atoms with Gasteiger partial charge in [-0.1, -0.05) is 6.07 Å². The van der Waals surface area contributed by atoms with E-state index in [9.17, 15) is 0 Å². The van der Waals surface area contributed by atoms with Crippen molar-refractivity contribution in [2.45, 2.75) is 19.3 Å². The van der Waals surface area contributed by atoms with Crippen LogP contribution in [0.3, 0.4) is 0 Å². The van der Waals surface area contributed by atoms with Gasteiger partial charge in [0.05, 0.1) is 24.4 Å². The SMILES string of the molecule is Cn1cc(C[C@@H]2CCN(CCCOc3cccc(C#N)c3)C2)cn1. The molecule has 1 aromatic heterocycles. The van der Waals surface area contributed by atoms with Crippen LogP contribution >= 0.6 is 0 Å². The van der Waals surface area contributed by atoms with Crippen LogP contribution in [0.4, 0.5) is 0 Å². The maximum absolute atomic E-state index is 8.89. The van der Waals surface area contributed by atoms with Crippen molar-refractivity contribution >= 4 is 0 Å². The van der Waals surface area contributed by atoms with Gasteiger partial charge in [-0.05, 0) is 55.5 Å². The molecule has 1 aliphatic heterocycles. The lowest BCUT2D eigenvalue weighted by atomic mass is 10.0. The van der Waals surface area contributed by atoms with Gasteiger partial charge >= 0.3 is 0 Å². The van der Waals surface area contributed by atoms with Crippen LogP contribution in [0, 0.1) is 17.2 Å². The van der Waals surface area contributed by atoms with Crippen molar-refractivity contribution in [2.75, 3.05) is 26.2 Å². The highest BCUT2D eigenvalue weighted by atomic mass is 16.5. The summed E-state index contributed by atoms with van der Waals surface area (Å²) < 4.78 is 7.62. The molecule has 0 N–H and O–H groups in total. The lowest BCUT2D eigenvalue weighted by molar-refractivity contribution is 0.258. The Bertz CT molecular complexity index is 703. The van der Waals surface area contributed by atoms with E-state index in [1.165, 1.54) is 25.1 Å². The molecule has 1 aromatic carbocycles. The van der Waals surface area contributed by atoms with Gasteiger partial charge in [0.15, 0.2) is 0 Å². The fraction of sp³-hybridized carbons (Fsp3) is 0.474. The number of benzene rings is 1. The van der Waals surface area contributed by atoms with Gasteiger partial charge in [-0.15, -0.1) is 0 Å². The zero-order chi connectivity index (χ0) is 16.8. The van der Waals surface area contributed by atoms with E-state index in [4.69, 9.17) is 10.00 Å². The summed E-state index contributed by atoms with van der Waals surface area (Å²) in [6.07, 6.45) is 7.50. The van der Waals surface area contributed by atoms with Gasteiger partial charge < -0.3 is 9.64 Å². The standard InChI is InChI=1S/C19H24N4O/c1-22-14-18(13-21-22)10-17-6-8-23(15-17)7-3-9-24-19-5-2-4-16(11-19)12-20/h2,4-5,11,13-14,17H,3,6-10,15H2,1H3/t17-/m0/s1. The highest BCUT2D eigenvalue weighted by Crippen LogP contribution is 2.21. The minimum atomic E-state index is 0.644. The van der Waals surface area contributed by atoms with Crippen LogP contribution in [0.1, 0.15) is 24.0 Å². The first kappa shape index (κ1) is 16.5. The summed E-state index contributed by atoms with van der Waals surface area (Å²) in [6.45, 7) is 4.10. The molecule has 1 saturated heterocycles. The second kappa shape index (κ2) is 7.98. The second-order valence-electron chi connectivity index (χ2n) is 6.52. The number of nitriles is 1. The van der Waals surface area contributed by atoms with E-state index in [0.29, 0.717) is 12.2 Å². The van der Waals surface area contributed by atoms with Crippen molar-refractivity contribution in [1.82, 2.24) is 14.7 Å². The molecule has 0 spiro atoms. The first-order valence-electron chi connectivity index (χ1n) is 8.56. The molecule has 5 heteroatoms. The van der Waals surface area contributed by atoms with E-state index in [0.717, 1.165) is 31.1 Å². The Morgan fingerprint density at radius 3 is 3.12 bits per heavy atom. The third-order valence-corrected chi connectivity index (χ3v) is 4.50. The summed E-state index contributed by atoms with van der Waals surface area (Å²) in [5.41, 5.74) is 1.98. The molecular formula is C19H24N4O. The Balaban J connectivity index is 1.35. The van der Waals surface area contributed by atoms with E-state index in [2.05, 4.69) is 22.3 Å². The summed E-state index contributed by atoms with van der Waals surface area (Å²) >= 11 is 0. The van der Waals surface area contributed by atoms with Crippen LogP contribution in [0.25, 0.3) is 0 Å². The van der Waals surface area contributed by atoms with Crippen molar-refractivity contribution in [3.8, 4) is 11.8 Å². The second-order valence-corrected chi connectivity index (χ2v) is 6.52. The lowest BCUT2D eigenvalue weighted by Crippen LogP contribution is -2.23. The van der Waals surface area contributed by atoms with Crippen molar-refractivity contribution < 1.29 is 4.74 Å². The number of nitrogens with zero attached hydrogens (tertiary/aromatic N) is 4. The Kier molecular flexibility index (Phi) is 5.50. The van der Waals surface area contributed by atoms with E-state index in [1.807, 2.05) is 30.1 Å². The fourth-order valence-corrected chi connectivity index (χ4v) is 3.33. The maximum atomic E-state index is 8.89. The number of hydrogen-bond donors (Lipinski definition) is 0. The summed E-state index contributed by atoms with van der Waals surface area (Å²) in [6, 6.07) is 9.48. The highest BCUT2D eigenvalue weighted by molar-refractivity contribution is 5.36. The number of aryl methyl sites for hydroxylation is 1. The molecule has 0 unspecified atom stereocenters.